The lowest BCUT2D eigenvalue weighted by Crippen LogP contribution is -2.23. The SMILES string of the molecule is CC(C)(C)OC(=O)c1cccc(C=O)c1. The predicted molar refractivity (Wildman–Crippen MR) is 57.0 cm³/mol. The van der Waals surface area contributed by atoms with Gasteiger partial charge >= 0.3 is 5.97 Å². The zero-order chi connectivity index (χ0) is 11.5. The molecule has 0 spiro atoms. The minimum atomic E-state index is -0.520. The van der Waals surface area contributed by atoms with Gasteiger partial charge in [0, 0.05) is 5.56 Å². The van der Waals surface area contributed by atoms with Gasteiger partial charge in [-0.25, -0.2) is 4.79 Å². The highest BCUT2D eigenvalue weighted by atomic mass is 16.6. The highest BCUT2D eigenvalue weighted by Crippen LogP contribution is 2.12. The molecule has 0 aliphatic heterocycles. The lowest BCUT2D eigenvalue weighted by atomic mass is 10.1. The third-order valence-corrected chi connectivity index (χ3v) is 1.66. The maximum Gasteiger partial charge on any atom is 0.338 e. The summed E-state index contributed by atoms with van der Waals surface area (Å²) >= 11 is 0. The van der Waals surface area contributed by atoms with Crippen LogP contribution in [0.3, 0.4) is 0 Å². The van der Waals surface area contributed by atoms with Gasteiger partial charge in [-0.3, -0.25) is 4.79 Å². The molecule has 0 bridgehead atoms. The first-order chi connectivity index (χ1) is 6.92. The molecule has 15 heavy (non-hydrogen) atoms. The van der Waals surface area contributed by atoms with Crippen LogP contribution in [0.2, 0.25) is 0 Å². The summed E-state index contributed by atoms with van der Waals surface area (Å²) in [6.45, 7) is 5.40. The number of rotatable bonds is 2. The van der Waals surface area contributed by atoms with E-state index in [-0.39, 0.29) is 0 Å². The molecular weight excluding hydrogens is 192 g/mol. The molecule has 0 atom stereocenters. The lowest BCUT2D eigenvalue weighted by Gasteiger charge is -2.19. The molecule has 0 saturated carbocycles. The molecule has 1 aromatic rings. The van der Waals surface area contributed by atoms with Gasteiger partial charge in [0.05, 0.1) is 5.56 Å². The fourth-order valence-electron chi connectivity index (χ4n) is 1.08. The van der Waals surface area contributed by atoms with E-state index in [0.717, 1.165) is 0 Å². The van der Waals surface area contributed by atoms with Gasteiger partial charge in [-0.15, -0.1) is 0 Å². The molecule has 0 aliphatic carbocycles. The number of carbonyl (C=O) groups is 2. The molecule has 0 radical (unpaired) electrons. The zero-order valence-electron chi connectivity index (χ0n) is 9.11. The Morgan fingerprint density at radius 3 is 2.53 bits per heavy atom. The van der Waals surface area contributed by atoms with Crippen LogP contribution in [0.15, 0.2) is 24.3 Å². The smallest absolute Gasteiger partial charge is 0.338 e. The van der Waals surface area contributed by atoms with E-state index in [1.54, 1.807) is 39.0 Å². The average molecular weight is 206 g/mol. The summed E-state index contributed by atoms with van der Waals surface area (Å²) in [5.74, 6) is -0.411. The summed E-state index contributed by atoms with van der Waals surface area (Å²) in [5, 5.41) is 0. The van der Waals surface area contributed by atoms with Crippen LogP contribution in [0.5, 0.6) is 0 Å². The number of hydrogen-bond acceptors (Lipinski definition) is 3. The Hall–Kier alpha value is -1.64. The second-order valence-corrected chi connectivity index (χ2v) is 4.25. The summed E-state index contributed by atoms with van der Waals surface area (Å²) in [4.78, 5) is 22.1. The number of hydrogen-bond donors (Lipinski definition) is 0. The Bertz CT molecular complexity index is 375. The Balaban J connectivity index is 2.87. The van der Waals surface area contributed by atoms with Crippen LogP contribution >= 0.6 is 0 Å². The van der Waals surface area contributed by atoms with Crippen molar-refractivity contribution in [2.45, 2.75) is 26.4 Å². The van der Waals surface area contributed by atoms with Crippen molar-refractivity contribution >= 4 is 12.3 Å². The Morgan fingerprint density at radius 1 is 1.33 bits per heavy atom. The standard InChI is InChI=1S/C12H14O3/c1-12(2,3)15-11(14)10-6-4-5-9(7-10)8-13/h4-8H,1-3H3. The van der Waals surface area contributed by atoms with Crippen LogP contribution in [0.1, 0.15) is 41.5 Å². The fraction of sp³-hybridized carbons (Fsp3) is 0.333. The van der Waals surface area contributed by atoms with Crippen LogP contribution < -0.4 is 0 Å². The number of aldehydes is 1. The van der Waals surface area contributed by atoms with Crippen molar-refractivity contribution in [3.05, 3.63) is 35.4 Å². The summed E-state index contributed by atoms with van der Waals surface area (Å²) in [7, 11) is 0. The Labute approximate surface area is 89.1 Å². The topological polar surface area (TPSA) is 43.4 Å². The van der Waals surface area contributed by atoms with Crippen molar-refractivity contribution in [1.82, 2.24) is 0 Å². The normalized spacial score (nSPS) is 10.9. The van der Waals surface area contributed by atoms with Gasteiger partial charge in [-0.05, 0) is 32.9 Å². The monoisotopic (exact) mass is 206 g/mol. The van der Waals surface area contributed by atoms with Gasteiger partial charge in [-0.2, -0.15) is 0 Å². The average Bonchev–Trinajstić information content (AvgIpc) is 2.15. The van der Waals surface area contributed by atoms with Gasteiger partial charge in [0.2, 0.25) is 0 Å². The van der Waals surface area contributed by atoms with E-state index in [1.165, 1.54) is 6.07 Å². The highest BCUT2D eigenvalue weighted by molar-refractivity contribution is 5.91. The van der Waals surface area contributed by atoms with Crippen molar-refractivity contribution in [2.75, 3.05) is 0 Å². The van der Waals surface area contributed by atoms with E-state index < -0.39 is 11.6 Å². The van der Waals surface area contributed by atoms with Gasteiger partial charge in [-0.1, -0.05) is 12.1 Å². The van der Waals surface area contributed by atoms with Gasteiger partial charge in [0.25, 0.3) is 0 Å². The van der Waals surface area contributed by atoms with Crippen molar-refractivity contribution in [1.29, 1.82) is 0 Å². The van der Waals surface area contributed by atoms with E-state index in [1.807, 2.05) is 0 Å². The largest absolute Gasteiger partial charge is 0.456 e. The van der Waals surface area contributed by atoms with Gasteiger partial charge in [0.15, 0.2) is 0 Å². The van der Waals surface area contributed by atoms with Crippen LogP contribution in [0.25, 0.3) is 0 Å². The van der Waals surface area contributed by atoms with E-state index in [4.69, 9.17) is 4.74 Å². The maximum absolute atomic E-state index is 11.6. The van der Waals surface area contributed by atoms with Crippen LogP contribution in [0, 0.1) is 0 Å². The first kappa shape index (κ1) is 11.4. The van der Waals surface area contributed by atoms with Crippen LogP contribution in [-0.2, 0) is 4.74 Å². The van der Waals surface area contributed by atoms with E-state index in [2.05, 4.69) is 0 Å². The van der Waals surface area contributed by atoms with E-state index >= 15 is 0 Å². The third kappa shape index (κ3) is 3.54. The first-order valence-corrected chi connectivity index (χ1v) is 4.71. The molecule has 0 N–H and O–H groups in total. The second kappa shape index (κ2) is 4.26. The quantitative estimate of drug-likeness (QED) is 0.551. The van der Waals surface area contributed by atoms with Crippen molar-refractivity contribution in [3.63, 3.8) is 0 Å². The molecule has 0 amide bonds. The predicted octanol–water partition coefficient (Wildman–Crippen LogP) is 2.45. The van der Waals surface area contributed by atoms with E-state index in [9.17, 15) is 9.59 Å². The van der Waals surface area contributed by atoms with Crippen LogP contribution in [0.4, 0.5) is 0 Å². The summed E-state index contributed by atoms with van der Waals surface area (Å²) in [6, 6.07) is 6.44. The number of esters is 1. The minimum absolute atomic E-state index is 0.398. The molecule has 3 heteroatoms. The van der Waals surface area contributed by atoms with E-state index in [0.29, 0.717) is 17.4 Å². The zero-order valence-corrected chi connectivity index (χ0v) is 9.11. The number of benzene rings is 1. The molecular formula is C12H14O3. The molecule has 80 valence electrons. The summed E-state index contributed by atoms with van der Waals surface area (Å²) in [5.41, 5.74) is 0.349. The summed E-state index contributed by atoms with van der Waals surface area (Å²) in [6.07, 6.45) is 0.702. The molecule has 0 heterocycles. The molecule has 3 nitrogen and oxygen atoms in total. The second-order valence-electron chi connectivity index (χ2n) is 4.25. The first-order valence-electron chi connectivity index (χ1n) is 4.71. The lowest BCUT2D eigenvalue weighted by molar-refractivity contribution is 0.00695. The van der Waals surface area contributed by atoms with Gasteiger partial charge in [0.1, 0.15) is 11.9 Å². The third-order valence-electron chi connectivity index (χ3n) is 1.66. The van der Waals surface area contributed by atoms with Crippen molar-refractivity contribution in [2.24, 2.45) is 0 Å². The number of ether oxygens (including phenoxy) is 1. The molecule has 0 aromatic heterocycles. The molecule has 1 rings (SSSR count). The molecule has 0 saturated heterocycles. The molecule has 1 aromatic carbocycles. The maximum atomic E-state index is 11.6. The fourth-order valence-corrected chi connectivity index (χ4v) is 1.08. The van der Waals surface area contributed by atoms with Gasteiger partial charge < -0.3 is 4.74 Å². The molecule has 0 fully saturated rings. The Kier molecular flexibility index (Phi) is 3.24. The van der Waals surface area contributed by atoms with Crippen molar-refractivity contribution < 1.29 is 14.3 Å². The summed E-state index contributed by atoms with van der Waals surface area (Å²) < 4.78 is 5.17. The van der Waals surface area contributed by atoms with Crippen molar-refractivity contribution in [3.8, 4) is 0 Å². The Morgan fingerprint density at radius 2 is 2.00 bits per heavy atom. The minimum Gasteiger partial charge on any atom is -0.456 e. The number of carbonyl (C=O) groups excluding carboxylic acids is 2. The van der Waals surface area contributed by atoms with Crippen LogP contribution in [-0.4, -0.2) is 17.9 Å². The molecule has 0 unspecified atom stereocenters. The highest BCUT2D eigenvalue weighted by Gasteiger charge is 2.17. The molecule has 0 aliphatic rings.